The molecule has 0 spiro atoms. The topological polar surface area (TPSA) is 62.1 Å². The first-order valence-corrected chi connectivity index (χ1v) is 18.2. The lowest BCUT2D eigenvalue weighted by Gasteiger charge is -2.27. The Bertz CT molecular complexity index is 2570. The summed E-state index contributed by atoms with van der Waals surface area (Å²) >= 11 is 1.70. The highest BCUT2D eigenvalue weighted by Crippen LogP contribution is 2.45. The second-order valence-corrected chi connectivity index (χ2v) is 16.2. The summed E-state index contributed by atoms with van der Waals surface area (Å²) in [5.41, 5.74) is 6.90. The van der Waals surface area contributed by atoms with Gasteiger partial charge in [0.25, 0.3) is 0 Å². The van der Waals surface area contributed by atoms with Crippen molar-refractivity contribution in [3.63, 3.8) is 0 Å². The molecule has 0 atom stereocenters. The van der Waals surface area contributed by atoms with Gasteiger partial charge in [0.05, 0.1) is 27.2 Å². The number of fused-ring (bicyclic) bond motifs is 4. The Morgan fingerprint density at radius 1 is 0.667 bits per heavy atom. The number of benzene rings is 5. The minimum atomic E-state index is -0.285. The Labute approximate surface area is 302 Å². The summed E-state index contributed by atoms with van der Waals surface area (Å²) in [7, 11) is 0. The Morgan fingerprint density at radius 2 is 1.39 bits per heavy atom. The van der Waals surface area contributed by atoms with Crippen molar-refractivity contribution in [2.75, 3.05) is 4.90 Å². The van der Waals surface area contributed by atoms with Crippen molar-refractivity contribution in [2.45, 2.75) is 52.4 Å². The van der Waals surface area contributed by atoms with Crippen molar-refractivity contribution < 1.29 is 5.11 Å². The van der Waals surface area contributed by atoms with Gasteiger partial charge >= 0.3 is 0 Å². The fourth-order valence-corrected chi connectivity index (χ4v) is 7.95. The molecular weight excluding hydrogens is 645 g/mol. The number of rotatable bonds is 5. The van der Waals surface area contributed by atoms with E-state index in [1.54, 1.807) is 11.3 Å². The van der Waals surface area contributed by atoms with E-state index in [0.29, 0.717) is 11.4 Å². The van der Waals surface area contributed by atoms with Gasteiger partial charge in [0.15, 0.2) is 5.82 Å². The van der Waals surface area contributed by atoms with Gasteiger partial charge in [0, 0.05) is 38.5 Å². The summed E-state index contributed by atoms with van der Waals surface area (Å²) in [6, 6.07) is 42.0. The molecule has 0 radical (unpaired) electrons. The SMILES string of the molecule is CC(C)(C)c1cc(-c2nc(-c3cccc(N(c4ccccn4)c4cccc5ccccc45)c3)c3sc4ccccc4c3n2)c(O)c(C(C)(C)C)c1. The Kier molecular flexibility index (Phi) is 7.88. The Hall–Kier alpha value is -5.59. The third kappa shape index (κ3) is 5.89. The molecular formula is C45H40N4OS. The van der Waals surface area contributed by atoms with Crippen LogP contribution in [-0.2, 0) is 10.8 Å². The number of thiophene rings is 1. The number of hydrogen-bond donors (Lipinski definition) is 1. The highest BCUT2D eigenvalue weighted by atomic mass is 32.1. The molecule has 0 fully saturated rings. The van der Waals surface area contributed by atoms with E-state index in [1.807, 2.05) is 24.4 Å². The Balaban J connectivity index is 1.39. The standard InChI is InChI=1S/C45H40N4OS/c1-44(2,3)30-26-34(41(50)35(27-30)45(4,5)6)43-47-39(42-40(48-43)33-20-9-10-22-37(33)51-42)29-17-13-18-31(25-29)49(38-23-11-12-24-46-38)36-21-14-16-28-15-7-8-19-32(28)36/h7-27,50H,1-6H3. The van der Waals surface area contributed by atoms with E-state index in [-0.39, 0.29) is 16.6 Å². The number of hydrogen-bond acceptors (Lipinski definition) is 6. The van der Waals surface area contributed by atoms with Gasteiger partial charge in [-0.15, -0.1) is 11.3 Å². The summed E-state index contributed by atoms with van der Waals surface area (Å²) in [6.07, 6.45) is 1.83. The van der Waals surface area contributed by atoms with Crippen LogP contribution in [-0.4, -0.2) is 20.1 Å². The van der Waals surface area contributed by atoms with Crippen LogP contribution in [0.25, 0.3) is 53.7 Å². The van der Waals surface area contributed by atoms with E-state index >= 15 is 0 Å². The van der Waals surface area contributed by atoms with E-state index in [0.717, 1.165) is 70.7 Å². The molecule has 1 N–H and O–H groups in total. The Morgan fingerprint density at radius 3 is 2.16 bits per heavy atom. The molecule has 0 aliphatic carbocycles. The summed E-state index contributed by atoms with van der Waals surface area (Å²) in [4.78, 5) is 17.6. The molecule has 0 amide bonds. The van der Waals surface area contributed by atoms with Gasteiger partial charge in [-0.05, 0) is 64.2 Å². The summed E-state index contributed by atoms with van der Waals surface area (Å²) in [5.74, 6) is 1.56. The highest BCUT2D eigenvalue weighted by molar-refractivity contribution is 7.26. The number of phenolic OH excluding ortho intramolecular Hbond substituents is 1. The minimum absolute atomic E-state index is 0.144. The summed E-state index contributed by atoms with van der Waals surface area (Å²) in [5, 5.41) is 15.3. The molecule has 0 saturated heterocycles. The molecule has 252 valence electrons. The molecule has 8 rings (SSSR count). The normalized spacial score (nSPS) is 12.2. The lowest BCUT2D eigenvalue weighted by molar-refractivity contribution is 0.446. The van der Waals surface area contributed by atoms with Gasteiger partial charge < -0.3 is 5.11 Å². The second-order valence-electron chi connectivity index (χ2n) is 15.2. The van der Waals surface area contributed by atoms with Crippen LogP contribution in [0.2, 0.25) is 0 Å². The largest absolute Gasteiger partial charge is 0.507 e. The molecule has 0 bridgehead atoms. The van der Waals surface area contributed by atoms with Crippen LogP contribution in [0.15, 0.2) is 128 Å². The van der Waals surface area contributed by atoms with E-state index in [2.05, 4.69) is 150 Å². The van der Waals surface area contributed by atoms with E-state index in [9.17, 15) is 5.11 Å². The van der Waals surface area contributed by atoms with Crippen LogP contribution in [0.5, 0.6) is 5.75 Å². The van der Waals surface area contributed by atoms with Crippen LogP contribution in [0, 0.1) is 0 Å². The zero-order valence-corrected chi connectivity index (χ0v) is 30.6. The smallest absolute Gasteiger partial charge is 0.164 e. The van der Waals surface area contributed by atoms with Gasteiger partial charge in [-0.25, -0.2) is 15.0 Å². The lowest BCUT2D eigenvalue weighted by Crippen LogP contribution is -2.17. The van der Waals surface area contributed by atoms with Crippen LogP contribution >= 0.6 is 11.3 Å². The molecule has 51 heavy (non-hydrogen) atoms. The van der Waals surface area contributed by atoms with Crippen molar-refractivity contribution in [3.05, 3.63) is 139 Å². The molecule has 5 aromatic carbocycles. The van der Waals surface area contributed by atoms with Gasteiger partial charge in [0.1, 0.15) is 11.6 Å². The monoisotopic (exact) mass is 684 g/mol. The minimum Gasteiger partial charge on any atom is -0.507 e. The van der Waals surface area contributed by atoms with E-state index in [4.69, 9.17) is 15.0 Å². The van der Waals surface area contributed by atoms with Crippen LogP contribution in [0.1, 0.15) is 52.7 Å². The van der Waals surface area contributed by atoms with Gasteiger partial charge in [0.2, 0.25) is 0 Å². The van der Waals surface area contributed by atoms with Crippen molar-refractivity contribution in [1.29, 1.82) is 0 Å². The van der Waals surface area contributed by atoms with Crippen molar-refractivity contribution in [2.24, 2.45) is 0 Å². The zero-order valence-electron chi connectivity index (χ0n) is 29.8. The number of phenols is 1. The molecule has 3 aromatic heterocycles. The average Bonchev–Trinajstić information content (AvgIpc) is 3.50. The van der Waals surface area contributed by atoms with E-state index < -0.39 is 0 Å². The molecule has 8 aromatic rings. The number of aromatic hydroxyl groups is 1. The van der Waals surface area contributed by atoms with E-state index in [1.165, 1.54) is 0 Å². The van der Waals surface area contributed by atoms with Crippen molar-refractivity contribution >= 4 is 59.6 Å². The predicted molar refractivity (Wildman–Crippen MR) is 215 cm³/mol. The molecule has 0 aliphatic heterocycles. The molecule has 0 saturated carbocycles. The van der Waals surface area contributed by atoms with Gasteiger partial charge in [-0.1, -0.05) is 120 Å². The maximum Gasteiger partial charge on any atom is 0.164 e. The first-order valence-electron chi connectivity index (χ1n) is 17.3. The highest BCUT2D eigenvalue weighted by Gasteiger charge is 2.28. The maximum absolute atomic E-state index is 11.9. The van der Waals surface area contributed by atoms with Gasteiger partial charge in [-0.3, -0.25) is 4.90 Å². The van der Waals surface area contributed by atoms with Crippen LogP contribution in [0.3, 0.4) is 0 Å². The van der Waals surface area contributed by atoms with Gasteiger partial charge in [-0.2, -0.15) is 0 Å². The number of pyridine rings is 1. The number of anilines is 3. The predicted octanol–water partition coefficient (Wildman–Crippen LogP) is 12.5. The van der Waals surface area contributed by atoms with Crippen molar-refractivity contribution in [3.8, 4) is 28.4 Å². The first-order chi connectivity index (χ1) is 24.5. The average molecular weight is 685 g/mol. The fourth-order valence-electron chi connectivity index (χ4n) is 6.79. The molecule has 0 aliphatic rings. The molecule has 3 heterocycles. The van der Waals surface area contributed by atoms with Crippen LogP contribution in [0.4, 0.5) is 17.2 Å². The van der Waals surface area contributed by atoms with Crippen LogP contribution < -0.4 is 4.90 Å². The maximum atomic E-state index is 11.9. The summed E-state index contributed by atoms with van der Waals surface area (Å²) in [6.45, 7) is 13.0. The molecule has 6 heteroatoms. The second kappa shape index (κ2) is 12.3. The molecule has 0 unspecified atom stereocenters. The lowest BCUT2D eigenvalue weighted by atomic mass is 9.79. The van der Waals surface area contributed by atoms with Crippen molar-refractivity contribution in [1.82, 2.24) is 15.0 Å². The third-order valence-corrected chi connectivity index (χ3v) is 10.7. The summed E-state index contributed by atoms with van der Waals surface area (Å²) < 4.78 is 2.15. The number of nitrogens with zero attached hydrogens (tertiary/aromatic N) is 4. The quantitative estimate of drug-likeness (QED) is 0.195. The molecule has 5 nitrogen and oxygen atoms in total. The first kappa shape index (κ1) is 32.6. The fraction of sp³-hybridized carbons (Fsp3) is 0.178. The number of aromatic nitrogens is 3. The third-order valence-electron chi connectivity index (χ3n) is 9.51. The zero-order chi connectivity index (χ0) is 35.5.